The Bertz CT molecular complexity index is 1950. The zero-order valence-electron chi connectivity index (χ0n) is 22.6. The van der Waals surface area contributed by atoms with Crippen molar-refractivity contribution in [2.75, 3.05) is 9.80 Å². The quantitative estimate of drug-likeness (QED) is 0.203. The Labute approximate surface area is 253 Å². The van der Waals surface area contributed by atoms with Gasteiger partial charge in [-0.3, -0.25) is 4.90 Å². The van der Waals surface area contributed by atoms with Gasteiger partial charge in [-0.15, -0.1) is 0 Å². The first-order valence-electron chi connectivity index (χ1n) is 13.9. The summed E-state index contributed by atoms with van der Waals surface area (Å²) in [6.07, 6.45) is 0. The van der Waals surface area contributed by atoms with E-state index in [4.69, 9.17) is 4.98 Å². The van der Waals surface area contributed by atoms with Crippen LogP contribution < -0.4 is 9.80 Å². The number of anilines is 6. The van der Waals surface area contributed by atoms with Crippen molar-refractivity contribution in [1.29, 1.82) is 0 Å². The number of rotatable bonds is 5. The van der Waals surface area contributed by atoms with Crippen LogP contribution in [0.3, 0.4) is 0 Å². The smallest absolute Gasteiger partial charge is 0.195 e. The monoisotopic (exact) mass is 575 g/mol. The zero-order valence-corrected chi connectivity index (χ0v) is 24.2. The fraction of sp³-hybridized carbons (Fsp3) is 0. The Hall–Kier alpha value is -4.84. The molecular weight excluding hydrogens is 551 g/mol. The Morgan fingerprint density at radius 3 is 1.74 bits per heavy atom. The Balaban J connectivity index is 1.20. The van der Waals surface area contributed by atoms with Gasteiger partial charge in [-0.05, 0) is 83.9 Å². The number of aromatic nitrogens is 1. The number of hydrogen-bond acceptors (Lipinski definition) is 5. The molecule has 0 unspecified atom stereocenters. The average molecular weight is 576 g/mol. The highest BCUT2D eigenvalue weighted by Crippen LogP contribution is 2.52. The zero-order chi connectivity index (χ0) is 27.9. The molecule has 5 heteroatoms. The molecule has 2 heterocycles. The van der Waals surface area contributed by atoms with E-state index in [0.717, 1.165) is 27.7 Å². The minimum absolute atomic E-state index is 0.982. The largest absolute Gasteiger partial charge is 0.310 e. The molecule has 0 N–H and O–H groups in total. The molecule has 200 valence electrons. The van der Waals surface area contributed by atoms with Crippen molar-refractivity contribution < 1.29 is 0 Å². The average Bonchev–Trinajstić information content (AvgIpc) is 3.48. The number of benzene rings is 6. The summed E-state index contributed by atoms with van der Waals surface area (Å²) in [5.41, 5.74) is 9.09. The van der Waals surface area contributed by atoms with Gasteiger partial charge in [0.25, 0.3) is 0 Å². The second kappa shape index (κ2) is 10.5. The van der Waals surface area contributed by atoms with E-state index in [1.165, 1.54) is 37.0 Å². The van der Waals surface area contributed by atoms with Crippen molar-refractivity contribution in [2.24, 2.45) is 0 Å². The van der Waals surface area contributed by atoms with E-state index < -0.39 is 0 Å². The van der Waals surface area contributed by atoms with Crippen molar-refractivity contribution >= 4 is 66.9 Å². The summed E-state index contributed by atoms with van der Waals surface area (Å²) in [5, 5.41) is 0.982. The molecular formula is C37H25N3S2. The molecule has 1 aliphatic rings. The number of thiazole rings is 1. The fourth-order valence-corrected chi connectivity index (χ4v) is 7.62. The fourth-order valence-electron chi connectivity index (χ4n) is 5.52. The van der Waals surface area contributed by atoms with Crippen molar-refractivity contribution in [3.05, 3.63) is 152 Å². The molecule has 0 bridgehead atoms. The first-order chi connectivity index (χ1) is 20.8. The number of hydrogen-bond donors (Lipinski definition) is 0. The highest BCUT2D eigenvalue weighted by atomic mass is 32.2. The molecule has 0 radical (unpaired) electrons. The van der Waals surface area contributed by atoms with E-state index in [1.54, 1.807) is 11.3 Å². The van der Waals surface area contributed by atoms with E-state index in [2.05, 4.69) is 161 Å². The SMILES string of the molecule is c1ccc(N(c2ccccc2)c2cccc(-c3ccc4nc(N5c6ccccc6Sc6ccccc65)sc4c3)c2)cc1. The van der Waals surface area contributed by atoms with E-state index in [-0.39, 0.29) is 0 Å². The molecule has 0 amide bonds. The second-order valence-corrected chi connectivity index (χ2v) is 12.2. The molecule has 42 heavy (non-hydrogen) atoms. The van der Waals surface area contributed by atoms with Gasteiger partial charge in [0.2, 0.25) is 0 Å². The van der Waals surface area contributed by atoms with Crippen LogP contribution in [0.5, 0.6) is 0 Å². The first-order valence-corrected chi connectivity index (χ1v) is 15.5. The second-order valence-electron chi connectivity index (χ2n) is 10.1. The molecule has 0 spiro atoms. The van der Waals surface area contributed by atoms with Gasteiger partial charge < -0.3 is 4.90 Å². The number of fused-ring (bicyclic) bond motifs is 3. The predicted octanol–water partition coefficient (Wildman–Crippen LogP) is 11.4. The normalized spacial score (nSPS) is 12.1. The van der Waals surface area contributed by atoms with Gasteiger partial charge in [-0.1, -0.05) is 102 Å². The number of nitrogens with zero attached hydrogens (tertiary/aromatic N) is 3. The van der Waals surface area contributed by atoms with Crippen LogP contribution in [0.25, 0.3) is 21.3 Å². The summed E-state index contributed by atoms with van der Waals surface area (Å²) in [6, 6.07) is 53.6. The van der Waals surface area contributed by atoms with Crippen molar-refractivity contribution in [3.8, 4) is 11.1 Å². The molecule has 0 atom stereocenters. The van der Waals surface area contributed by atoms with Crippen LogP contribution in [0.15, 0.2) is 161 Å². The molecule has 1 aliphatic heterocycles. The highest BCUT2D eigenvalue weighted by molar-refractivity contribution is 7.99. The van der Waals surface area contributed by atoms with Gasteiger partial charge in [0.15, 0.2) is 5.13 Å². The van der Waals surface area contributed by atoms with Gasteiger partial charge in [-0.25, -0.2) is 4.98 Å². The minimum atomic E-state index is 0.982. The van der Waals surface area contributed by atoms with Gasteiger partial charge in [0.1, 0.15) is 0 Å². The summed E-state index contributed by atoms with van der Waals surface area (Å²) >= 11 is 3.56. The summed E-state index contributed by atoms with van der Waals surface area (Å²) in [4.78, 5) is 12.2. The van der Waals surface area contributed by atoms with Crippen molar-refractivity contribution in [2.45, 2.75) is 9.79 Å². The third-order valence-corrected chi connectivity index (χ3v) is 9.60. The Kier molecular flexibility index (Phi) is 6.25. The molecule has 0 aliphatic carbocycles. The first kappa shape index (κ1) is 24.9. The topological polar surface area (TPSA) is 19.4 Å². The standard InChI is InChI=1S/C37H25N3S2/c1-3-13-28(14-4-1)39(29-15-5-2-6-16-29)30-17-11-12-26(24-30)27-22-23-31-36(25-27)42-37(38-31)40-32-18-7-9-20-34(32)41-35-21-10-8-19-33(35)40/h1-25H. The van der Waals surface area contributed by atoms with Crippen molar-refractivity contribution in [3.63, 3.8) is 0 Å². The molecule has 0 saturated carbocycles. The van der Waals surface area contributed by atoms with Gasteiger partial charge in [0, 0.05) is 26.9 Å². The lowest BCUT2D eigenvalue weighted by atomic mass is 10.0. The maximum Gasteiger partial charge on any atom is 0.195 e. The third-order valence-electron chi connectivity index (χ3n) is 7.47. The molecule has 3 nitrogen and oxygen atoms in total. The van der Waals surface area contributed by atoms with Crippen LogP contribution >= 0.6 is 23.1 Å². The maximum atomic E-state index is 5.12. The molecule has 7 aromatic rings. The lowest BCUT2D eigenvalue weighted by Crippen LogP contribution is -2.14. The predicted molar refractivity (Wildman–Crippen MR) is 179 cm³/mol. The van der Waals surface area contributed by atoms with Crippen LogP contribution in [-0.4, -0.2) is 4.98 Å². The minimum Gasteiger partial charge on any atom is -0.310 e. The Morgan fingerprint density at radius 1 is 0.500 bits per heavy atom. The van der Waals surface area contributed by atoms with Gasteiger partial charge >= 0.3 is 0 Å². The number of para-hydroxylation sites is 4. The maximum absolute atomic E-state index is 5.12. The van der Waals surface area contributed by atoms with Crippen LogP contribution in [0.2, 0.25) is 0 Å². The summed E-state index contributed by atoms with van der Waals surface area (Å²) in [7, 11) is 0. The van der Waals surface area contributed by atoms with E-state index in [1.807, 2.05) is 11.8 Å². The Morgan fingerprint density at radius 2 is 1.07 bits per heavy atom. The summed E-state index contributed by atoms with van der Waals surface area (Å²) < 4.78 is 1.17. The lowest BCUT2D eigenvalue weighted by molar-refractivity contribution is 1.15. The molecule has 1 aromatic heterocycles. The molecule has 0 saturated heterocycles. The molecule has 0 fully saturated rings. The van der Waals surface area contributed by atoms with Crippen LogP contribution in [0.1, 0.15) is 0 Å². The van der Waals surface area contributed by atoms with Gasteiger partial charge in [0.05, 0.1) is 21.6 Å². The van der Waals surface area contributed by atoms with Crippen molar-refractivity contribution in [1.82, 2.24) is 4.98 Å². The van der Waals surface area contributed by atoms with Crippen LogP contribution in [0.4, 0.5) is 33.6 Å². The van der Waals surface area contributed by atoms with Gasteiger partial charge in [-0.2, -0.15) is 0 Å². The van der Waals surface area contributed by atoms with Crippen LogP contribution in [-0.2, 0) is 0 Å². The van der Waals surface area contributed by atoms with E-state index in [0.29, 0.717) is 0 Å². The summed E-state index contributed by atoms with van der Waals surface area (Å²) in [5.74, 6) is 0. The lowest BCUT2D eigenvalue weighted by Gasteiger charge is -2.30. The van der Waals surface area contributed by atoms with E-state index >= 15 is 0 Å². The summed E-state index contributed by atoms with van der Waals surface area (Å²) in [6.45, 7) is 0. The molecule has 6 aromatic carbocycles. The van der Waals surface area contributed by atoms with Crippen LogP contribution in [0, 0.1) is 0 Å². The molecule has 8 rings (SSSR count). The third kappa shape index (κ3) is 4.44. The highest BCUT2D eigenvalue weighted by Gasteiger charge is 2.26. The van der Waals surface area contributed by atoms with E-state index in [9.17, 15) is 0 Å².